The Bertz CT molecular complexity index is 647. The fraction of sp³-hybridized carbons (Fsp3) is 0.909. The van der Waals surface area contributed by atoms with Gasteiger partial charge >= 0.3 is 53.6 Å². The number of ether oxygens (including phenoxy) is 1. The van der Waals surface area contributed by atoms with Crippen LogP contribution in [0.3, 0.4) is 0 Å². The van der Waals surface area contributed by atoms with E-state index in [2.05, 4.69) is 4.74 Å². The van der Waals surface area contributed by atoms with E-state index in [1.807, 2.05) is 0 Å². The highest BCUT2D eigenvalue weighted by molar-refractivity contribution is 5.79. The third-order valence-electron chi connectivity index (χ3n) is 3.25. The van der Waals surface area contributed by atoms with E-state index in [4.69, 9.17) is 0 Å². The quantitative estimate of drug-likeness (QED) is 0.328. The van der Waals surface area contributed by atoms with Crippen molar-refractivity contribution in [1.82, 2.24) is 0 Å². The topological polar surface area (TPSA) is 26.3 Å². The van der Waals surface area contributed by atoms with Gasteiger partial charge in [0.1, 0.15) is 0 Å². The smallest absolute Gasteiger partial charge is 0.460 e. The van der Waals surface area contributed by atoms with Crippen LogP contribution in [0, 0.1) is 0 Å². The van der Waals surface area contributed by atoms with Gasteiger partial charge in [-0.2, -0.15) is 74.6 Å². The third-order valence-corrected chi connectivity index (χ3v) is 3.25. The fourth-order valence-corrected chi connectivity index (χ4v) is 1.51. The standard InChI is InChI=1S/C11H5F17O2/c1-2-30-3(29)4(12,13)5(14,15)6(16,17)7(18,19)8(20,21)9(22,23)10(24,25)11(26,27)28/h2H2,1H3. The van der Waals surface area contributed by atoms with Crippen molar-refractivity contribution in [2.45, 2.75) is 54.6 Å². The minimum atomic E-state index is -8.73. The number of hydrogen-bond acceptors (Lipinski definition) is 2. The Morgan fingerprint density at radius 2 is 0.800 bits per heavy atom. The Morgan fingerprint density at radius 1 is 0.533 bits per heavy atom. The van der Waals surface area contributed by atoms with Crippen LogP contribution in [0.4, 0.5) is 74.6 Å². The molecule has 0 unspecified atom stereocenters. The first-order valence-electron chi connectivity index (χ1n) is 6.62. The Balaban J connectivity index is 6.73. The summed E-state index contributed by atoms with van der Waals surface area (Å²) in [6, 6.07) is 0. The maximum absolute atomic E-state index is 13.3. The molecule has 0 saturated carbocycles. The molecule has 19 heteroatoms. The lowest BCUT2D eigenvalue weighted by Gasteiger charge is -2.42. The number of carbonyl (C=O) groups excluding carboxylic acids is 1. The largest absolute Gasteiger partial charge is 0.461 e. The van der Waals surface area contributed by atoms with E-state index < -0.39 is 60.2 Å². The van der Waals surface area contributed by atoms with E-state index in [1.54, 1.807) is 0 Å². The van der Waals surface area contributed by atoms with E-state index in [-0.39, 0.29) is 0 Å². The van der Waals surface area contributed by atoms with Gasteiger partial charge in [0.25, 0.3) is 0 Å². The van der Waals surface area contributed by atoms with E-state index >= 15 is 0 Å². The number of hydrogen-bond donors (Lipinski definition) is 0. The fourth-order valence-electron chi connectivity index (χ4n) is 1.51. The average molecular weight is 492 g/mol. The first-order chi connectivity index (χ1) is 12.7. The van der Waals surface area contributed by atoms with Gasteiger partial charge in [-0.25, -0.2) is 4.79 Å². The molecule has 0 aromatic rings. The maximum atomic E-state index is 13.3. The summed E-state index contributed by atoms with van der Waals surface area (Å²) in [6.07, 6.45) is -7.82. The van der Waals surface area contributed by atoms with Crippen LogP contribution in [-0.4, -0.2) is 60.2 Å². The molecule has 0 N–H and O–H groups in total. The molecule has 0 aliphatic rings. The van der Waals surface area contributed by atoms with Crippen molar-refractivity contribution < 1.29 is 84.2 Å². The number of alkyl halides is 17. The third kappa shape index (κ3) is 3.40. The Hall–Kier alpha value is -1.72. The van der Waals surface area contributed by atoms with Crippen LogP contribution in [-0.2, 0) is 9.53 Å². The number of rotatable bonds is 8. The van der Waals surface area contributed by atoms with Gasteiger partial charge in [0.2, 0.25) is 0 Å². The van der Waals surface area contributed by atoms with Crippen molar-refractivity contribution in [2.24, 2.45) is 0 Å². The summed E-state index contributed by atoms with van der Waals surface area (Å²) in [4.78, 5) is 10.6. The Morgan fingerprint density at radius 3 is 1.07 bits per heavy atom. The number of esters is 1. The van der Waals surface area contributed by atoms with Crippen LogP contribution < -0.4 is 0 Å². The van der Waals surface area contributed by atoms with Gasteiger partial charge in [0, 0.05) is 0 Å². The van der Waals surface area contributed by atoms with Crippen molar-refractivity contribution in [3.8, 4) is 0 Å². The van der Waals surface area contributed by atoms with E-state index in [0.717, 1.165) is 0 Å². The minimum Gasteiger partial charge on any atom is -0.461 e. The highest BCUT2D eigenvalue weighted by atomic mass is 19.4. The number of carbonyl (C=O) groups is 1. The molecule has 2 nitrogen and oxygen atoms in total. The van der Waals surface area contributed by atoms with Crippen molar-refractivity contribution in [1.29, 1.82) is 0 Å². The van der Waals surface area contributed by atoms with Crippen LogP contribution in [0.15, 0.2) is 0 Å². The first-order valence-corrected chi connectivity index (χ1v) is 6.62. The summed E-state index contributed by atoms with van der Waals surface area (Å²) >= 11 is 0. The molecule has 30 heavy (non-hydrogen) atoms. The van der Waals surface area contributed by atoms with Gasteiger partial charge in [0.05, 0.1) is 6.61 Å². The maximum Gasteiger partial charge on any atom is 0.460 e. The predicted molar refractivity (Wildman–Crippen MR) is 57.3 cm³/mol. The van der Waals surface area contributed by atoms with Crippen LogP contribution in [0.25, 0.3) is 0 Å². The van der Waals surface area contributed by atoms with Crippen molar-refractivity contribution in [3.63, 3.8) is 0 Å². The highest BCUT2D eigenvalue weighted by Gasteiger charge is 2.95. The molecule has 0 saturated heterocycles. The second kappa shape index (κ2) is 7.16. The van der Waals surface area contributed by atoms with Crippen LogP contribution in [0.1, 0.15) is 6.92 Å². The lowest BCUT2D eigenvalue weighted by molar-refractivity contribution is -0.460. The summed E-state index contributed by atoms with van der Waals surface area (Å²) in [5.41, 5.74) is 0. The van der Waals surface area contributed by atoms with Gasteiger partial charge in [-0.3, -0.25) is 0 Å². The van der Waals surface area contributed by atoms with Gasteiger partial charge in [-0.1, -0.05) is 0 Å². The molecule has 0 aliphatic carbocycles. The summed E-state index contributed by atoms with van der Waals surface area (Å²) in [7, 11) is 0. The second-order valence-electron chi connectivity index (χ2n) is 5.24. The van der Waals surface area contributed by atoms with Crippen molar-refractivity contribution >= 4 is 5.97 Å². The average Bonchev–Trinajstić information content (AvgIpc) is 2.52. The molecular weight excluding hydrogens is 487 g/mol. The molecule has 0 bridgehead atoms. The lowest BCUT2D eigenvalue weighted by atomic mass is 9.89. The monoisotopic (exact) mass is 492 g/mol. The number of halogens is 17. The predicted octanol–water partition coefficient (Wildman–Crippen LogP) is 5.56. The van der Waals surface area contributed by atoms with Gasteiger partial charge in [0.15, 0.2) is 0 Å². The van der Waals surface area contributed by atoms with Gasteiger partial charge in [-0.15, -0.1) is 0 Å². The Kier molecular flexibility index (Phi) is 6.75. The summed E-state index contributed by atoms with van der Waals surface area (Å²) in [5, 5.41) is 0. The second-order valence-corrected chi connectivity index (χ2v) is 5.24. The lowest BCUT2D eigenvalue weighted by Crippen LogP contribution is -2.75. The molecule has 0 aromatic heterocycles. The van der Waals surface area contributed by atoms with E-state index in [9.17, 15) is 79.4 Å². The molecule has 0 rings (SSSR count). The first kappa shape index (κ1) is 28.3. The highest BCUT2D eigenvalue weighted by Crippen LogP contribution is 2.63. The molecule has 0 spiro atoms. The van der Waals surface area contributed by atoms with Crippen LogP contribution in [0.2, 0.25) is 0 Å². The summed E-state index contributed by atoms with van der Waals surface area (Å²) in [5.74, 6) is -61.7. The van der Waals surface area contributed by atoms with Gasteiger partial charge < -0.3 is 4.74 Å². The molecule has 0 aliphatic heterocycles. The molecule has 0 radical (unpaired) electrons. The van der Waals surface area contributed by atoms with Crippen LogP contribution >= 0.6 is 0 Å². The van der Waals surface area contributed by atoms with Crippen molar-refractivity contribution in [2.75, 3.05) is 6.61 Å². The SMILES string of the molecule is CCOC(=O)C(F)(F)C(F)(F)C(F)(F)C(F)(F)C(F)(F)C(F)(F)C(F)(F)C(F)(F)F. The zero-order chi connectivity index (χ0) is 25.0. The molecule has 0 heterocycles. The van der Waals surface area contributed by atoms with Crippen molar-refractivity contribution in [3.05, 3.63) is 0 Å². The van der Waals surface area contributed by atoms with Crippen LogP contribution in [0.5, 0.6) is 0 Å². The molecule has 0 aromatic carbocycles. The minimum absolute atomic E-state index is 0.562. The molecule has 180 valence electrons. The zero-order valence-electron chi connectivity index (χ0n) is 13.4. The van der Waals surface area contributed by atoms with Gasteiger partial charge in [-0.05, 0) is 6.92 Å². The molecular formula is C11H5F17O2. The molecule has 0 fully saturated rings. The van der Waals surface area contributed by atoms with E-state index in [1.165, 1.54) is 0 Å². The van der Waals surface area contributed by atoms with E-state index in [0.29, 0.717) is 6.92 Å². The zero-order valence-corrected chi connectivity index (χ0v) is 13.4. The normalized spacial score (nSPS) is 15.9. The summed E-state index contributed by atoms with van der Waals surface area (Å²) in [6.45, 7) is -0.759. The Labute approximate surface area is 152 Å². The molecule has 0 atom stereocenters. The summed E-state index contributed by atoms with van der Waals surface area (Å²) < 4.78 is 221. The molecule has 0 amide bonds.